The number of carboxylic acids is 1. The molecule has 0 saturated carbocycles. The van der Waals surface area contributed by atoms with Crippen molar-refractivity contribution in [2.45, 2.75) is 6.42 Å². The Morgan fingerprint density at radius 1 is 1.29 bits per heavy atom. The quantitative estimate of drug-likeness (QED) is 0.333. The lowest BCUT2D eigenvalue weighted by Gasteiger charge is -2.05. The Kier molecular flexibility index (Phi) is 6.44. The largest absolute Gasteiger partial charge is 0.478 e. The second-order valence-corrected chi connectivity index (χ2v) is 4.04. The molecule has 0 radical (unpaired) electrons. The fraction of sp³-hybridized carbons (Fsp3) is 0.214. The van der Waals surface area contributed by atoms with Crippen molar-refractivity contribution in [3.05, 3.63) is 41.6 Å². The van der Waals surface area contributed by atoms with Gasteiger partial charge in [-0.15, -0.1) is 0 Å². The number of carboxylic acid groups (broad SMARTS) is 1. The van der Waals surface area contributed by atoms with Gasteiger partial charge in [0.15, 0.2) is 0 Å². The second kappa shape index (κ2) is 8.35. The topological polar surface area (TPSA) is 122 Å². The minimum Gasteiger partial charge on any atom is -0.478 e. The van der Waals surface area contributed by atoms with Crippen LogP contribution in [0.4, 0.5) is 5.69 Å². The first-order chi connectivity index (χ1) is 10.1. The van der Waals surface area contributed by atoms with Crippen molar-refractivity contribution >= 4 is 17.6 Å². The molecule has 1 aromatic carbocycles. The van der Waals surface area contributed by atoms with E-state index in [1.165, 1.54) is 30.5 Å². The highest BCUT2D eigenvalue weighted by molar-refractivity contribution is 6.06. The van der Waals surface area contributed by atoms with Gasteiger partial charge in [-0.1, -0.05) is 0 Å². The number of nitrogens with one attached hydrogen (secondary N) is 2. The zero-order valence-corrected chi connectivity index (χ0v) is 11.2. The van der Waals surface area contributed by atoms with E-state index in [1.54, 1.807) is 6.07 Å². The molecule has 0 aromatic heterocycles. The zero-order valence-electron chi connectivity index (χ0n) is 11.2. The molecule has 0 unspecified atom stereocenters. The standard InChI is InChI=1S/C14H15N3O4/c15-8-11(9-16-6-1-7-18)13(19)17-12-4-2-10(3-5-12)14(20)21/h2-5,9,16,18H,1,6-7H2,(H,17,19)(H,20,21)/b11-9-. The van der Waals surface area contributed by atoms with Crippen LogP contribution in [0.3, 0.4) is 0 Å². The van der Waals surface area contributed by atoms with Crippen molar-refractivity contribution < 1.29 is 19.8 Å². The summed E-state index contributed by atoms with van der Waals surface area (Å²) in [5, 5.41) is 31.5. The molecule has 1 rings (SSSR count). The summed E-state index contributed by atoms with van der Waals surface area (Å²) in [4.78, 5) is 22.5. The molecule has 7 nitrogen and oxygen atoms in total. The zero-order chi connectivity index (χ0) is 15.7. The highest BCUT2D eigenvalue weighted by atomic mass is 16.4. The Balaban J connectivity index is 2.65. The van der Waals surface area contributed by atoms with E-state index >= 15 is 0 Å². The van der Waals surface area contributed by atoms with Crippen molar-refractivity contribution in [1.82, 2.24) is 5.32 Å². The second-order valence-electron chi connectivity index (χ2n) is 4.04. The number of benzene rings is 1. The van der Waals surface area contributed by atoms with Gasteiger partial charge in [-0.05, 0) is 30.7 Å². The predicted octanol–water partition coefficient (Wildman–Crippen LogP) is 0.703. The summed E-state index contributed by atoms with van der Waals surface area (Å²) in [6.45, 7) is 0.465. The summed E-state index contributed by atoms with van der Waals surface area (Å²) < 4.78 is 0. The van der Waals surface area contributed by atoms with Crippen molar-refractivity contribution in [2.75, 3.05) is 18.5 Å². The van der Waals surface area contributed by atoms with Crippen molar-refractivity contribution in [2.24, 2.45) is 0 Å². The summed E-state index contributed by atoms with van der Waals surface area (Å²) in [6.07, 6.45) is 1.78. The first kappa shape index (κ1) is 16.2. The summed E-state index contributed by atoms with van der Waals surface area (Å²) >= 11 is 0. The molecule has 0 aliphatic rings. The molecule has 4 N–H and O–H groups in total. The van der Waals surface area contributed by atoms with Gasteiger partial charge in [-0.2, -0.15) is 5.26 Å². The van der Waals surface area contributed by atoms with Crippen LogP contribution >= 0.6 is 0 Å². The molecule has 0 atom stereocenters. The summed E-state index contributed by atoms with van der Waals surface area (Å²) in [5.74, 6) is -1.66. The number of hydrogen-bond donors (Lipinski definition) is 4. The number of amides is 1. The number of rotatable bonds is 7. The summed E-state index contributed by atoms with van der Waals surface area (Å²) in [5.41, 5.74) is 0.381. The first-order valence-electron chi connectivity index (χ1n) is 6.17. The minimum absolute atomic E-state index is 0.0187. The van der Waals surface area contributed by atoms with Crippen LogP contribution in [-0.4, -0.2) is 35.2 Å². The number of carbonyl (C=O) groups is 2. The molecular weight excluding hydrogens is 274 g/mol. The van der Waals surface area contributed by atoms with Crippen molar-refractivity contribution in [3.8, 4) is 6.07 Å². The molecule has 21 heavy (non-hydrogen) atoms. The number of carbonyl (C=O) groups excluding carboxylic acids is 1. The van der Waals surface area contributed by atoms with Crippen LogP contribution in [0.15, 0.2) is 36.0 Å². The molecular formula is C14H15N3O4. The van der Waals surface area contributed by atoms with Gasteiger partial charge in [0.1, 0.15) is 11.6 Å². The minimum atomic E-state index is -1.06. The molecule has 110 valence electrons. The highest BCUT2D eigenvalue weighted by Gasteiger charge is 2.09. The van der Waals surface area contributed by atoms with Crippen LogP contribution in [0.2, 0.25) is 0 Å². The Hall–Kier alpha value is -2.85. The fourth-order valence-electron chi connectivity index (χ4n) is 1.40. The van der Waals surface area contributed by atoms with E-state index in [0.717, 1.165) is 0 Å². The average molecular weight is 289 g/mol. The van der Waals surface area contributed by atoms with Gasteiger partial charge in [0, 0.05) is 25.0 Å². The van der Waals surface area contributed by atoms with E-state index in [0.29, 0.717) is 18.7 Å². The van der Waals surface area contributed by atoms with Gasteiger partial charge in [0.25, 0.3) is 5.91 Å². The summed E-state index contributed by atoms with van der Waals surface area (Å²) in [6, 6.07) is 7.35. The lowest BCUT2D eigenvalue weighted by atomic mass is 10.2. The van der Waals surface area contributed by atoms with Crippen LogP contribution in [0, 0.1) is 11.3 Å². The van der Waals surface area contributed by atoms with Crippen LogP contribution < -0.4 is 10.6 Å². The first-order valence-corrected chi connectivity index (χ1v) is 6.17. The maximum absolute atomic E-state index is 11.8. The van der Waals surface area contributed by atoms with Gasteiger partial charge < -0.3 is 20.8 Å². The molecule has 0 heterocycles. The molecule has 0 bridgehead atoms. The Morgan fingerprint density at radius 3 is 2.48 bits per heavy atom. The molecule has 7 heteroatoms. The Labute approximate surface area is 121 Å². The number of nitriles is 1. The molecule has 0 aliphatic heterocycles. The third kappa shape index (κ3) is 5.34. The van der Waals surface area contributed by atoms with Crippen LogP contribution in [-0.2, 0) is 4.79 Å². The molecule has 0 fully saturated rings. The lowest BCUT2D eigenvalue weighted by Crippen LogP contribution is -2.17. The fourth-order valence-corrected chi connectivity index (χ4v) is 1.40. The van der Waals surface area contributed by atoms with Crippen LogP contribution in [0.1, 0.15) is 16.8 Å². The smallest absolute Gasteiger partial charge is 0.335 e. The van der Waals surface area contributed by atoms with Crippen molar-refractivity contribution in [1.29, 1.82) is 5.26 Å². The number of nitrogens with zero attached hydrogens (tertiary/aromatic N) is 1. The maximum Gasteiger partial charge on any atom is 0.335 e. The van der Waals surface area contributed by atoms with E-state index < -0.39 is 11.9 Å². The predicted molar refractivity (Wildman–Crippen MR) is 75.4 cm³/mol. The summed E-state index contributed by atoms with van der Waals surface area (Å²) in [7, 11) is 0. The highest BCUT2D eigenvalue weighted by Crippen LogP contribution is 2.10. The van der Waals surface area contributed by atoms with Crippen LogP contribution in [0.5, 0.6) is 0 Å². The average Bonchev–Trinajstić information content (AvgIpc) is 2.47. The maximum atomic E-state index is 11.8. The van der Waals surface area contributed by atoms with E-state index in [9.17, 15) is 9.59 Å². The van der Waals surface area contributed by atoms with Crippen molar-refractivity contribution in [3.63, 3.8) is 0 Å². The van der Waals surface area contributed by atoms with Gasteiger partial charge in [-0.25, -0.2) is 4.79 Å². The van der Waals surface area contributed by atoms with Gasteiger partial charge in [0.05, 0.1) is 5.56 Å². The van der Waals surface area contributed by atoms with E-state index in [4.69, 9.17) is 15.5 Å². The number of aliphatic hydroxyl groups excluding tert-OH is 1. The number of hydrogen-bond acceptors (Lipinski definition) is 5. The Morgan fingerprint density at radius 2 is 1.95 bits per heavy atom. The molecule has 0 aliphatic carbocycles. The third-order valence-electron chi connectivity index (χ3n) is 2.48. The Bertz CT molecular complexity index is 573. The third-order valence-corrected chi connectivity index (χ3v) is 2.48. The molecule has 1 aromatic rings. The SMILES string of the molecule is N#C/C(=C/NCCCO)C(=O)Nc1ccc(C(=O)O)cc1. The van der Waals surface area contributed by atoms with Gasteiger partial charge in [0.2, 0.25) is 0 Å². The number of aliphatic hydroxyl groups is 1. The van der Waals surface area contributed by atoms with E-state index in [2.05, 4.69) is 10.6 Å². The van der Waals surface area contributed by atoms with Crippen LogP contribution in [0.25, 0.3) is 0 Å². The van der Waals surface area contributed by atoms with Gasteiger partial charge in [-0.3, -0.25) is 4.79 Å². The molecule has 0 spiro atoms. The monoisotopic (exact) mass is 289 g/mol. The van der Waals surface area contributed by atoms with Gasteiger partial charge >= 0.3 is 5.97 Å². The number of anilines is 1. The van der Waals surface area contributed by atoms with E-state index in [1.807, 2.05) is 0 Å². The molecule has 1 amide bonds. The number of aromatic carboxylic acids is 1. The lowest BCUT2D eigenvalue weighted by molar-refractivity contribution is -0.112. The normalized spacial score (nSPS) is 10.6. The molecule has 0 saturated heterocycles. The van der Waals surface area contributed by atoms with E-state index in [-0.39, 0.29) is 17.7 Å².